The number of hydrogen-bond donors (Lipinski definition) is 1. The molecule has 1 heterocycles. The van der Waals surface area contributed by atoms with Gasteiger partial charge < -0.3 is 9.84 Å². The van der Waals surface area contributed by atoms with E-state index < -0.39 is 0 Å². The van der Waals surface area contributed by atoms with Crippen LogP contribution in [-0.4, -0.2) is 22.2 Å². The Morgan fingerprint density at radius 1 is 1.12 bits per heavy atom. The highest BCUT2D eigenvalue weighted by Crippen LogP contribution is 2.27. The number of rotatable bonds is 5. The zero-order valence-electron chi connectivity index (χ0n) is 14.0. The molecular formula is C20H21NO3. The zero-order valence-corrected chi connectivity index (χ0v) is 14.0. The maximum absolute atomic E-state index is 13.0. The molecule has 24 heavy (non-hydrogen) atoms. The van der Waals surface area contributed by atoms with Gasteiger partial charge in [-0.15, -0.1) is 0 Å². The van der Waals surface area contributed by atoms with Crippen LogP contribution in [0.4, 0.5) is 0 Å². The van der Waals surface area contributed by atoms with Crippen molar-refractivity contribution < 1.29 is 14.6 Å². The number of para-hydroxylation sites is 1. The van der Waals surface area contributed by atoms with Crippen LogP contribution in [0.2, 0.25) is 0 Å². The van der Waals surface area contributed by atoms with Crippen molar-refractivity contribution in [3.8, 4) is 5.75 Å². The molecule has 4 heteroatoms. The predicted octanol–water partition coefficient (Wildman–Crippen LogP) is 3.92. The monoisotopic (exact) mass is 323 g/mol. The Bertz CT molecular complexity index is 862. The summed E-state index contributed by atoms with van der Waals surface area (Å²) < 4.78 is 7.23. The van der Waals surface area contributed by atoms with Gasteiger partial charge in [-0.2, -0.15) is 0 Å². The molecule has 0 aliphatic heterocycles. The first-order valence-electron chi connectivity index (χ1n) is 8.14. The van der Waals surface area contributed by atoms with Crippen LogP contribution in [0.25, 0.3) is 10.9 Å². The number of nitrogens with zero attached hydrogens (tertiary/aromatic N) is 1. The van der Waals surface area contributed by atoms with E-state index in [-0.39, 0.29) is 12.5 Å². The first-order chi connectivity index (χ1) is 11.7. The Kier molecular flexibility index (Phi) is 4.67. The van der Waals surface area contributed by atoms with Gasteiger partial charge in [-0.1, -0.05) is 25.1 Å². The quantitative estimate of drug-likeness (QED) is 0.774. The van der Waals surface area contributed by atoms with Crippen LogP contribution in [0, 0.1) is 6.92 Å². The van der Waals surface area contributed by atoms with Gasteiger partial charge in [0, 0.05) is 22.2 Å². The number of aromatic nitrogens is 1. The molecule has 0 aliphatic rings. The van der Waals surface area contributed by atoms with Crippen LogP contribution >= 0.6 is 0 Å². The minimum absolute atomic E-state index is 0.0869. The maximum atomic E-state index is 13.0. The van der Waals surface area contributed by atoms with Crippen molar-refractivity contribution in [2.75, 3.05) is 6.61 Å². The number of aliphatic hydroxyl groups is 1. The summed E-state index contributed by atoms with van der Waals surface area (Å²) in [7, 11) is 0. The molecule has 0 amide bonds. The Hall–Kier alpha value is -2.59. The molecule has 1 N–H and O–H groups in total. The number of carbonyl (C=O) groups excluding carboxylic acids is 1. The first kappa shape index (κ1) is 16.3. The van der Waals surface area contributed by atoms with Crippen molar-refractivity contribution in [2.24, 2.45) is 0 Å². The third-order valence-electron chi connectivity index (χ3n) is 4.18. The van der Waals surface area contributed by atoms with Gasteiger partial charge in [0.1, 0.15) is 5.75 Å². The van der Waals surface area contributed by atoms with E-state index in [4.69, 9.17) is 4.74 Å². The van der Waals surface area contributed by atoms with E-state index in [1.54, 1.807) is 16.7 Å². The number of hydrogen-bond acceptors (Lipinski definition) is 3. The lowest BCUT2D eigenvalue weighted by molar-refractivity contribution is 0.0962. The minimum atomic E-state index is -0.106. The van der Waals surface area contributed by atoms with E-state index in [0.717, 1.165) is 34.3 Å². The number of benzene rings is 2. The van der Waals surface area contributed by atoms with E-state index in [2.05, 4.69) is 6.92 Å². The smallest absolute Gasteiger partial charge is 0.262 e. The Balaban J connectivity index is 2.01. The average molecular weight is 323 g/mol. The minimum Gasteiger partial charge on any atom is -0.494 e. The van der Waals surface area contributed by atoms with Gasteiger partial charge in [0.15, 0.2) is 0 Å². The van der Waals surface area contributed by atoms with Gasteiger partial charge in [0.2, 0.25) is 0 Å². The molecule has 0 bridgehead atoms. The van der Waals surface area contributed by atoms with Crippen LogP contribution in [0.3, 0.4) is 0 Å². The second kappa shape index (κ2) is 6.89. The molecule has 2 aromatic carbocycles. The van der Waals surface area contributed by atoms with E-state index in [1.165, 1.54) is 0 Å². The molecule has 0 radical (unpaired) electrons. The molecular weight excluding hydrogens is 302 g/mol. The SMILES string of the molecule is CCCOc1ccc(C(=O)n2c(C)c(CO)c3ccccc32)cc1. The molecule has 0 spiro atoms. The third-order valence-corrected chi connectivity index (χ3v) is 4.18. The third kappa shape index (κ3) is 2.81. The van der Waals surface area contributed by atoms with Crippen molar-refractivity contribution in [2.45, 2.75) is 26.9 Å². The summed E-state index contributed by atoms with van der Waals surface area (Å²) in [6, 6.07) is 14.8. The topological polar surface area (TPSA) is 51.5 Å². The van der Waals surface area contributed by atoms with Crippen LogP contribution in [-0.2, 0) is 6.61 Å². The summed E-state index contributed by atoms with van der Waals surface area (Å²) in [4.78, 5) is 13.0. The fraction of sp³-hybridized carbons (Fsp3) is 0.250. The van der Waals surface area contributed by atoms with Crippen molar-refractivity contribution >= 4 is 16.8 Å². The van der Waals surface area contributed by atoms with Crippen LogP contribution in [0.1, 0.15) is 35.0 Å². The normalized spacial score (nSPS) is 11.0. The molecule has 0 atom stereocenters. The second-order valence-electron chi connectivity index (χ2n) is 5.75. The molecule has 0 fully saturated rings. The second-order valence-corrected chi connectivity index (χ2v) is 5.75. The highest BCUT2D eigenvalue weighted by molar-refractivity contribution is 6.04. The van der Waals surface area contributed by atoms with E-state index >= 15 is 0 Å². The van der Waals surface area contributed by atoms with Gasteiger partial charge in [-0.05, 0) is 43.7 Å². The number of aliphatic hydroxyl groups excluding tert-OH is 1. The molecule has 3 aromatic rings. The Morgan fingerprint density at radius 2 is 1.83 bits per heavy atom. The average Bonchev–Trinajstić information content (AvgIpc) is 2.91. The van der Waals surface area contributed by atoms with Gasteiger partial charge in [-0.3, -0.25) is 9.36 Å². The zero-order chi connectivity index (χ0) is 17.1. The molecule has 0 saturated heterocycles. The number of fused-ring (bicyclic) bond motifs is 1. The first-order valence-corrected chi connectivity index (χ1v) is 8.14. The largest absolute Gasteiger partial charge is 0.494 e. The molecule has 4 nitrogen and oxygen atoms in total. The Labute approximate surface area is 141 Å². The van der Waals surface area contributed by atoms with Crippen molar-refractivity contribution in [1.82, 2.24) is 4.57 Å². The van der Waals surface area contributed by atoms with Crippen molar-refractivity contribution in [1.29, 1.82) is 0 Å². The summed E-state index contributed by atoms with van der Waals surface area (Å²) in [5, 5.41) is 10.6. The van der Waals surface area contributed by atoms with Gasteiger partial charge in [0.25, 0.3) is 5.91 Å². The molecule has 0 saturated carbocycles. The molecule has 0 unspecified atom stereocenters. The fourth-order valence-corrected chi connectivity index (χ4v) is 2.94. The molecule has 124 valence electrons. The lowest BCUT2D eigenvalue weighted by atomic mass is 10.1. The summed E-state index contributed by atoms with van der Waals surface area (Å²) in [6.45, 7) is 4.49. The lowest BCUT2D eigenvalue weighted by Crippen LogP contribution is -2.13. The summed E-state index contributed by atoms with van der Waals surface area (Å²) in [5.41, 5.74) is 2.97. The predicted molar refractivity (Wildman–Crippen MR) is 94.6 cm³/mol. The Morgan fingerprint density at radius 3 is 2.50 bits per heavy atom. The van der Waals surface area contributed by atoms with Crippen LogP contribution in [0.15, 0.2) is 48.5 Å². The molecule has 1 aromatic heterocycles. The number of ether oxygens (including phenoxy) is 1. The highest BCUT2D eigenvalue weighted by atomic mass is 16.5. The molecule has 3 rings (SSSR count). The maximum Gasteiger partial charge on any atom is 0.262 e. The summed E-state index contributed by atoms with van der Waals surface area (Å²) in [6.07, 6.45) is 0.944. The molecule has 0 aliphatic carbocycles. The summed E-state index contributed by atoms with van der Waals surface area (Å²) >= 11 is 0. The van der Waals surface area contributed by atoms with E-state index in [0.29, 0.717) is 12.2 Å². The van der Waals surface area contributed by atoms with Gasteiger partial charge in [-0.25, -0.2) is 0 Å². The van der Waals surface area contributed by atoms with E-state index in [1.807, 2.05) is 43.3 Å². The summed E-state index contributed by atoms with van der Waals surface area (Å²) in [5.74, 6) is 0.656. The lowest BCUT2D eigenvalue weighted by Gasteiger charge is -2.09. The van der Waals surface area contributed by atoms with Crippen LogP contribution in [0.5, 0.6) is 5.75 Å². The fourth-order valence-electron chi connectivity index (χ4n) is 2.94. The van der Waals surface area contributed by atoms with Gasteiger partial charge >= 0.3 is 0 Å². The van der Waals surface area contributed by atoms with Crippen LogP contribution < -0.4 is 4.74 Å². The van der Waals surface area contributed by atoms with E-state index in [9.17, 15) is 9.90 Å². The standard InChI is InChI=1S/C20H21NO3/c1-3-12-24-16-10-8-15(9-11-16)20(23)21-14(2)18(13-22)17-6-4-5-7-19(17)21/h4-11,22H,3,12-13H2,1-2H3. The number of carbonyl (C=O) groups is 1. The highest BCUT2D eigenvalue weighted by Gasteiger charge is 2.19. The van der Waals surface area contributed by atoms with Crippen molar-refractivity contribution in [3.63, 3.8) is 0 Å². The van der Waals surface area contributed by atoms with Gasteiger partial charge in [0.05, 0.1) is 18.7 Å². The van der Waals surface area contributed by atoms with Crippen molar-refractivity contribution in [3.05, 3.63) is 65.4 Å².